The molecule has 0 bridgehead atoms. The number of ether oxygens (including phenoxy) is 1. The van der Waals surface area contributed by atoms with Gasteiger partial charge in [-0.25, -0.2) is 17.2 Å². The van der Waals surface area contributed by atoms with Crippen molar-refractivity contribution in [2.75, 3.05) is 19.7 Å². The highest BCUT2D eigenvalue weighted by Gasteiger charge is 2.36. The molecule has 0 aromatic heterocycles. The summed E-state index contributed by atoms with van der Waals surface area (Å²) in [5, 5.41) is 0. The van der Waals surface area contributed by atoms with Crippen molar-refractivity contribution in [3.63, 3.8) is 0 Å². The molecule has 132 valence electrons. The van der Waals surface area contributed by atoms with Crippen LogP contribution in [0.5, 0.6) is 5.75 Å². The Morgan fingerprint density at radius 2 is 1.88 bits per heavy atom. The van der Waals surface area contributed by atoms with Gasteiger partial charge in [0, 0.05) is 19.5 Å². The fourth-order valence-electron chi connectivity index (χ4n) is 3.54. The second kappa shape index (κ2) is 6.07. The molecule has 4 nitrogen and oxygen atoms in total. The van der Waals surface area contributed by atoms with Crippen LogP contribution in [0.4, 0.5) is 8.78 Å². The molecule has 0 spiro atoms. The van der Waals surface area contributed by atoms with Gasteiger partial charge >= 0.3 is 0 Å². The molecular formula is C18H17F2NO3S. The molecule has 0 unspecified atom stereocenters. The number of hydrogen-bond acceptors (Lipinski definition) is 3. The molecule has 1 fully saturated rings. The molecular weight excluding hydrogens is 348 g/mol. The number of rotatable bonds is 3. The monoisotopic (exact) mass is 365 g/mol. The first-order valence-corrected chi connectivity index (χ1v) is 9.60. The summed E-state index contributed by atoms with van der Waals surface area (Å²) < 4.78 is 59.8. The smallest absolute Gasteiger partial charge is 0.248 e. The van der Waals surface area contributed by atoms with Crippen molar-refractivity contribution in [1.29, 1.82) is 0 Å². The molecule has 0 aliphatic carbocycles. The van der Waals surface area contributed by atoms with Crippen LogP contribution in [0.15, 0.2) is 41.3 Å². The topological polar surface area (TPSA) is 46.6 Å². The molecule has 25 heavy (non-hydrogen) atoms. The Labute approximate surface area is 145 Å². The van der Waals surface area contributed by atoms with Gasteiger partial charge in [-0.2, -0.15) is 4.31 Å². The van der Waals surface area contributed by atoms with Gasteiger partial charge in [0.15, 0.2) is 4.90 Å². The molecule has 2 aromatic carbocycles. The molecule has 0 amide bonds. The average molecular weight is 365 g/mol. The van der Waals surface area contributed by atoms with Crippen molar-refractivity contribution in [2.45, 2.75) is 23.7 Å². The van der Waals surface area contributed by atoms with Crippen LogP contribution in [0.2, 0.25) is 0 Å². The van der Waals surface area contributed by atoms with E-state index in [1.165, 1.54) is 4.31 Å². The molecule has 1 atom stereocenters. The highest BCUT2D eigenvalue weighted by atomic mass is 32.2. The number of nitrogens with zero attached hydrogens (tertiary/aromatic N) is 1. The third kappa shape index (κ3) is 2.81. The van der Waals surface area contributed by atoms with Crippen molar-refractivity contribution in [3.05, 3.63) is 59.2 Å². The fourth-order valence-corrected chi connectivity index (χ4v) is 5.15. The van der Waals surface area contributed by atoms with Gasteiger partial charge in [0.05, 0.1) is 6.61 Å². The highest BCUT2D eigenvalue weighted by molar-refractivity contribution is 7.89. The third-order valence-corrected chi connectivity index (χ3v) is 6.77. The second-order valence-electron chi connectivity index (χ2n) is 6.37. The summed E-state index contributed by atoms with van der Waals surface area (Å²) in [6.07, 6.45) is 1.47. The zero-order valence-corrected chi connectivity index (χ0v) is 14.2. The van der Waals surface area contributed by atoms with Crippen molar-refractivity contribution >= 4 is 10.0 Å². The molecule has 4 rings (SSSR count). The van der Waals surface area contributed by atoms with Crippen LogP contribution in [-0.4, -0.2) is 32.4 Å². The Morgan fingerprint density at radius 1 is 1.12 bits per heavy atom. The van der Waals surface area contributed by atoms with Gasteiger partial charge in [-0.3, -0.25) is 0 Å². The number of hydrogen-bond donors (Lipinski definition) is 0. The minimum absolute atomic E-state index is 0.00973. The maximum Gasteiger partial charge on any atom is 0.248 e. The van der Waals surface area contributed by atoms with E-state index in [-0.39, 0.29) is 19.0 Å². The summed E-state index contributed by atoms with van der Waals surface area (Å²) in [4.78, 5) is -0.863. The first-order valence-electron chi connectivity index (χ1n) is 8.16. The number of fused-ring (bicyclic) bond motifs is 1. The van der Waals surface area contributed by atoms with Crippen molar-refractivity contribution in [2.24, 2.45) is 0 Å². The van der Waals surface area contributed by atoms with Crippen LogP contribution < -0.4 is 4.74 Å². The van der Waals surface area contributed by atoms with Crippen LogP contribution in [0.3, 0.4) is 0 Å². The largest absolute Gasteiger partial charge is 0.493 e. The Balaban J connectivity index is 1.60. The van der Waals surface area contributed by atoms with E-state index in [0.717, 1.165) is 41.5 Å². The summed E-state index contributed by atoms with van der Waals surface area (Å²) >= 11 is 0. The first kappa shape index (κ1) is 16.5. The highest BCUT2D eigenvalue weighted by Crippen LogP contribution is 2.35. The van der Waals surface area contributed by atoms with E-state index in [2.05, 4.69) is 0 Å². The number of sulfonamides is 1. The maximum absolute atomic E-state index is 13.9. The van der Waals surface area contributed by atoms with Crippen molar-refractivity contribution < 1.29 is 21.9 Å². The predicted molar refractivity (Wildman–Crippen MR) is 88.1 cm³/mol. The summed E-state index contributed by atoms with van der Waals surface area (Å²) in [6.45, 7) is 1.13. The average Bonchev–Trinajstić information content (AvgIpc) is 3.23. The zero-order chi connectivity index (χ0) is 17.6. The lowest BCUT2D eigenvalue weighted by atomic mass is 9.96. The van der Waals surface area contributed by atoms with Gasteiger partial charge in [0.2, 0.25) is 10.0 Å². The van der Waals surface area contributed by atoms with Crippen LogP contribution in [0, 0.1) is 11.6 Å². The Hall–Kier alpha value is -1.99. The molecule has 2 aliphatic rings. The van der Waals surface area contributed by atoms with Crippen molar-refractivity contribution in [1.82, 2.24) is 4.31 Å². The lowest BCUT2D eigenvalue weighted by molar-refractivity contribution is 0.357. The molecule has 2 aliphatic heterocycles. The molecule has 0 radical (unpaired) electrons. The summed E-state index contributed by atoms with van der Waals surface area (Å²) in [5.41, 5.74) is 2.16. The van der Waals surface area contributed by atoms with E-state index in [9.17, 15) is 17.2 Å². The van der Waals surface area contributed by atoms with Crippen LogP contribution in [0.25, 0.3) is 0 Å². The third-order valence-electron chi connectivity index (χ3n) is 4.85. The maximum atomic E-state index is 13.9. The zero-order valence-electron chi connectivity index (χ0n) is 13.4. The van der Waals surface area contributed by atoms with Gasteiger partial charge in [-0.15, -0.1) is 0 Å². The fraction of sp³-hybridized carbons (Fsp3) is 0.333. The normalized spacial score (nSPS) is 20.5. The Morgan fingerprint density at radius 3 is 2.64 bits per heavy atom. The molecule has 0 saturated carbocycles. The summed E-state index contributed by atoms with van der Waals surface area (Å²) in [5.74, 6) is -1.23. The quantitative estimate of drug-likeness (QED) is 0.840. The van der Waals surface area contributed by atoms with Gasteiger partial charge in [-0.05, 0) is 41.7 Å². The predicted octanol–water partition coefficient (Wildman–Crippen LogP) is 3.08. The van der Waals surface area contributed by atoms with Crippen LogP contribution in [0.1, 0.15) is 23.5 Å². The first-order chi connectivity index (χ1) is 12.0. The minimum Gasteiger partial charge on any atom is -0.493 e. The van der Waals surface area contributed by atoms with Gasteiger partial charge < -0.3 is 4.74 Å². The lowest BCUT2D eigenvalue weighted by Crippen LogP contribution is -2.30. The van der Waals surface area contributed by atoms with E-state index in [4.69, 9.17) is 4.74 Å². The van der Waals surface area contributed by atoms with E-state index >= 15 is 0 Å². The summed E-state index contributed by atoms with van der Waals surface area (Å²) in [7, 11) is -4.19. The molecule has 7 heteroatoms. The Kier molecular flexibility index (Phi) is 4.00. The van der Waals surface area contributed by atoms with E-state index in [1.54, 1.807) is 0 Å². The summed E-state index contributed by atoms with van der Waals surface area (Å²) in [6, 6.07) is 8.98. The number of benzene rings is 2. The SMILES string of the molecule is O=S(=O)(c1c(F)cccc1F)N1CC[C@@H](c2ccc3c(c2)CCO3)C1. The van der Waals surface area contributed by atoms with E-state index in [0.29, 0.717) is 13.0 Å². The molecule has 0 N–H and O–H groups in total. The lowest BCUT2D eigenvalue weighted by Gasteiger charge is -2.18. The van der Waals surface area contributed by atoms with Gasteiger partial charge in [-0.1, -0.05) is 18.2 Å². The van der Waals surface area contributed by atoms with Crippen LogP contribution in [-0.2, 0) is 16.4 Å². The van der Waals surface area contributed by atoms with E-state index in [1.807, 2.05) is 18.2 Å². The van der Waals surface area contributed by atoms with Crippen LogP contribution >= 0.6 is 0 Å². The minimum atomic E-state index is -4.19. The van der Waals surface area contributed by atoms with Gasteiger partial charge in [0.25, 0.3) is 0 Å². The molecule has 2 aromatic rings. The van der Waals surface area contributed by atoms with Crippen molar-refractivity contribution in [3.8, 4) is 5.75 Å². The van der Waals surface area contributed by atoms with E-state index < -0.39 is 26.6 Å². The second-order valence-corrected chi connectivity index (χ2v) is 8.24. The molecule has 2 heterocycles. The standard InChI is InChI=1S/C18H17F2NO3S/c19-15-2-1-3-16(20)18(15)25(22,23)21-8-6-14(11-21)12-4-5-17-13(10-12)7-9-24-17/h1-5,10,14H,6-9,11H2/t14-/m1/s1. The number of halogens is 2. The Bertz CT molecular complexity index is 910. The van der Waals surface area contributed by atoms with Gasteiger partial charge in [0.1, 0.15) is 17.4 Å². The molecule has 1 saturated heterocycles.